The van der Waals surface area contributed by atoms with Gasteiger partial charge in [0.25, 0.3) is 10.0 Å². The van der Waals surface area contributed by atoms with Crippen LogP contribution in [0.15, 0.2) is 33.6 Å². The SMILES string of the molecule is CCOC=NS(=O)(=O)c1ccc(C)cc1. The second-order valence-corrected chi connectivity index (χ2v) is 4.59. The number of benzene rings is 1. The molecule has 0 aliphatic carbocycles. The molecule has 0 spiro atoms. The molecule has 0 aromatic heterocycles. The minimum atomic E-state index is -3.60. The summed E-state index contributed by atoms with van der Waals surface area (Å²) in [6, 6.07) is 6.49. The first-order valence-corrected chi connectivity index (χ1v) is 5.97. The van der Waals surface area contributed by atoms with Crippen LogP contribution in [0.3, 0.4) is 0 Å². The third kappa shape index (κ3) is 3.36. The second-order valence-electron chi connectivity index (χ2n) is 2.95. The van der Waals surface area contributed by atoms with Gasteiger partial charge in [-0.1, -0.05) is 17.7 Å². The van der Waals surface area contributed by atoms with Gasteiger partial charge in [0.2, 0.25) is 0 Å². The van der Waals surface area contributed by atoms with Gasteiger partial charge in [-0.2, -0.15) is 8.42 Å². The lowest BCUT2D eigenvalue weighted by Gasteiger charge is -1.98. The Labute approximate surface area is 89.7 Å². The summed E-state index contributed by atoms with van der Waals surface area (Å²) in [5.41, 5.74) is 1.00. The Balaban J connectivity index is 2.91. The van der Waals surface area contributed by atoms with E-state index in [1.54, 1.807) is 19.1 Å². The van der Waals surface area contributed by atoms with Crippen LogP contribution in [0.1, 0.15) is 12.5 Å². The Bertz CT molecular complexity index is 434. The van der Waals surface area contributed by atoms with Gasteiger partial charge in [-0.15, -0.1) is 4.40 Å². The molecule has 1 aromatic carbocycles. The molecular weight excluding hydrogens is 214 g/mol. The largest absolute Gasteiger partial charge is 0.483 e. The molecule has 1 aromatic rings. The van der Waals surface area contributed by atoms with E-state index < -0.39 is 10.0 Å². The fourth-order valence-electron chi connectivity index (χ4n) is 0.933. The van der Waals surface area contributed by atoms with Gasteiger partial charge in [-0.3, -0.25) is 0 Å². The molecule has 0 saturated heterocycles. The average molecular weight is 227 g/mol. The zero-order valence-electron chi connectivity index (χ0n) is 8.67. The first kappa shape index (κ1) is 11.7. The smallest absolute Gasteiger partial charge is 0.285 e. The highest BCUT2D eigenvalue weighted by molar-refractivity contribution is 7.90. The predicted molar refractivity (Wildman–Crippen MR) is 58.5 cm³/mol. The van der Waals surface area contributed by atoms with Crippen LogP contribution in [0.25, 0.3) is 0 Å². The maximum atomic E-state index is 11.5. The fraction of sp³-hybridized carbons (Fsp3) is 0.300. The molecule has 15 heavy (non-hydrogen) atoms. The molecule has 0 atom stereocenters. The van der Waals surface area contributed by atoms with Crippen LogP contribution in [-0.2, 0) is 14.8 Å². The molecule has 82 valence electrons. The third-order valence-corrected chi connectivity index (χ3v) is 2.97. The van der Waals surface area contributed by atoms with E-state index in [2.05, 4.69) is 4.40 Å². The fourth-order valence-corrected chi connectivity index (χ4v) is 1.71. The van der Waals surface area contributed by atoms with E-state index in [9.17, 15) is 8.42 Å². The molecule has 0 fully saturated rings. The second kappa shape index (κ2) is 4.93. The molecule has 0 aliphatic heterocycles. The van der Waals surface area contributed by atoms with E-state index in [0.29, 0.717) is 6.61 Å². The van der Waals surface area contributed by atoms with Crippen molar-refractivity contribution >= 4 is 16.4 Å². The quantitative estimate of drug-likeness (QED) is 0.581. The van der Waals surface area contributed by atoms with Crippen LogP contribution in [-0.4, -0.2) is 21.4 Å². The van der Waals surface area contributed by atoms with Crippen LogP contribution in [0, 0.1) is 6.92 Å². The molecule has 5 heteroatoms. The van der Waals surface area contributed by atoms with Gasteiger partial charge in [-0.25, -0.2) is 0 Å². The van der Waals surface area contributed by atoms with E-state index in [-0.39, 0.29) is 4.90 Å². The minimum Gasteiger partial charge on any atom is -0.483 e. The highest BCUT2D eigenvalue weighted by atomic mass is 32.2. The topological polar surface area (TPSA) is 55.7 Å². The lowest BCUT2D eigenvalue weighted by atomic mass is 10.2. The first-order valence-electron chi connectivity index (χ1n) is 4.53. The molecule has 1 rings (SSSR count). The van der Waals surface area contributed by atoms with Gasteiger partial charge in [0.1, 0.15) is 0 Å². The van der Waals surface area contributed by atoms with Crippen LogP contribution < -0.4 is 0 Å². The van der Waals surface area contributed by atoms with Gasteiger partial charge in [0.15, 0.2) is 6.40 Å². The van der Waals surface area contributed by atoms with Crippen molar-refractivity contribution in [3.63, 3.8) is 0 Å². The Morgan fingerprint density at radius 1 is 1.33 bits per heavy atom. The molecule has 0 bridgehead atoms. The summed E-state index contributed by atoms with van der Waals surface area (Å²) in [4.78, 5) is 0.170. The molecule has 0 aliphatic rings. The van der Waals surface area contributed by atoms with E-state index in [1.165, 1.54) is 12.1 Å². The number of aryl methyl sites for hydroxylation is 1. The van der Waals surface area contributed by atoms with Crippen molar-refractivity contribution in [2.45, 2.75) is 18.7 Å². The number of rotatable bonds is 4. The van der Waals surface area contributed by atoms with Gasteiger partial charge in [0, 0.05) is 0 Å². The van der Waals surface area contributed by atoms with Gasteiger partial charge < -0.3 is 4.74 Å². The highest BCUT2D eigenvalue weighted by Crippen LogP contribution is 2.12. The molecule has 0 saturated carbocycles. The zero-order chi connectivity index (χ0) is 11.3. The molecule has 4 nitrogen and oxygen atoms in total. The summed E-state index contributed by atoms with van der Waals surface area (Å²) in [5, 5.41) is 0. The van der Waals surface area contributed by atoms with Crippen LogP contribution in [0.5, 0.6) is 0 Å². The van der Waals surface area contributed by atoms with Crippen molar-refractivity contribution in [2.24, 2.45) is 4.40 Å². The van der Waals surface area contributed by atoms with Crippen molar-refractivity contribution in [1.82, 2.24) is 0 Å². The van der Waals surface area contributed by atoms with Gasteiger partial charge >= 0.3 is 0 Å². The lowest BCUT2D eigenvalue weighted by Crippen LogP contribution is -1.98. The maximum absolute atomic E-state index is 11.5. The Hall–Kier alpha value is -1.36. The minimum absolute atomic E-state index is 0.170. The lowest BCUT2D eigenvalue weighted by molar-refractivity contribution is 0.344. The molecule has 0 radical (unpaired) electrons. The number of hydrogen-bond acceptors (Lipinski definition) is 3. The van der Waals surface area contributed by atoms with E-state index in [1.807, 2.05) is 6.92 Å². The molecular formula is C10H13NO3S. The normalized spacial score (nSPS) is 11.9. The summed E-state index contributed by atoms with van der Waals surface area (Å²) < 4.78 is 31.2. The van der Waals surface area contributed by atoms with Gasteiger partial charge in [0.05, 0.1) is 11.5 Å². The number of nitrogens with zero attached hydrogens (tertiary/aromatic N) is 1. The maximum Gasteiger partial charge on any atom is 0.285 e. The van der Waals surface area contributed by atoms with Crippen LogP contribution >= 0.6 is 0 Å². The molecule has 0 N–H and O–H groups in total. The Morgan fingerprint density at radius 2 is 1.93 bits per heavy atom. The van der Waals surface area contributed by atoms with Crippen molar-refractivity contribution in [3.8, 4) is 0 Å². The third-order valence-electron chi connectivity index (χ3n) is 1.74. The summed E-state index contributed by atoms with van der Waals surface area (Å²) in [6.45, 7) is 4.04. The van der Waals surface area contributed by atoms with Crippen molar-refractivity contribution < 1.29 is 13.2 Å². The van der Waals surface area contributed by atoms with Crippen LogP contribution in [0.2, 0.25) is 0 Å². The summed E-state index contributed by atoms with van der Waals surface area (Å²) in [5.74, 6) is 0. The van der Waals surface area contributed by atoms with Crippen molar-refractivity contribution in [3.05, 3.63) is 29.8 Å². The van der Waals surface area contributed by atoms with Gasteiger partial charge in [-0.05, 0) is 26.0 Å². The van der Waals surface area contributed by atoms with E-state index >= 15 is 0 Å². The molecule has 0 heterocycles. The monoisotopic (exact) mass is 227 g/mol. The summed E-state index contributed by atoms with van der Waals surface area (Å²) in [6.07, 6.45) is 0.954. The number of hydrogen-bond donors (Lipinski definition) is 0. The predicted octanol–water partition coefficient (Wildman–Crippen LogP) is 1.75. The standard InChI is InChI=1S/C10H13NO3S/c1-3-14-8-11-15(12,13)10-6-4-9(2)5-7-10/h4-8H,3H2,1-2H3. The average Bonchev–Trinajstić information content (AvgIpc) is 2.18. The van der Waals surface area contributed by atoms with E-state index in [4.69, 9.17) is 4.74 Å². The highest BCUT2D eigenvalue weighted by Gasteiger charge is 2.10. The summed E-state index contributed by atoms with van der Waals surface area (Å²) >= 11 is 0. The summed E-state index contributed by atoms with van der Waals surface area (Å²) in [7, 11) is -3.60. The Morgan fingerprint density at radius 3 is 2.47 bits per heavy atom. The zero-order valence-corrected chi connectivity index (χ0v) is 9.49. The number of ether oxygens (including phenoxy) is 1. The van der Waals surface area contributed by atoms with Crippen molar-refractivity contribution in [2.75, 3.05) is 6.61 Å². The first-order chi connectivity index (χ1) is 7.06. The van der Waals surface area contributed by atoms with E-state index in [0.717, 1.165) is 12.0 Å². The van der Waals surface area contributed by atoms with Crippen LogP contribution in [0.4, 0.5) is 0 Å². The Kier molecular flexibility index (Phi) is 3.85. The molecule has 0 unspecified atom stereocenters. The number of sulfonamides is 1. The molecule has 0 amide bonds. The van der Waals surface area contributed by atoms with Crippen molar-refractivity contribution in [1.29, 1.82) is 0 Å².